The minimum atomic E-state index is -5.08. The third-order valence-electron chi connectivity index (χ3n) is 14.9. The minimum absolute atomic E-state index is 0.0231. The molecular weight excluding hydrogens is 1380 g/mol. The normalized spacial score (nSPS) is 23.0. The van der Waals surface area contributed by atoms with Gasteiger partial charge in [-0.15, -0.1) is 0 Å². The predicted octanol–water partition coefficient (Wildman–Crippen LogP) is -2.67. The number of nitrogens with two attached hydrogens (primary N) is 3. The zero-order chi connectivity index (χ0) is 80.0. The van der Waals surface area contributed by atoms with E-state index >= 15 is 4.79 Å². The van der Waals surface area contributed by atoms with Crippen LogP contribution in [0.15, 0.2) is 35.3 Å². The molecule has 2 rings (SSSR count). The first-order valence-electron chi connectivity index (χ1n) is 32.6. The number of carboxylic acids is 2. The van der Waals surface area contributed by atoms with Crippen LogP contribution in [0.3, 0.4) is 0 Å². The molecule has 1 heterocycles. The molecule has 14 atom stereocenters. The third kappa shape index (κ3) is 35.6. The van der Waals surface area contributed by atoms with Crippen LogP contribution in [0.25, 0.3) is 0 Å². The number of aliphatic carboxylic acids is 2. The Bertz CT molecular complexity index is 3020. The van der Waals surface area contributed by atoms with Crippen molar-refractivity contribution in [3.63, 3.8) is 0 Å². The number of benzene rings is 1. The minimum Gasteiger partial charge on any atom is -0.475 e. The van der Waals surface area contributed by atoms with Crippen LogP contribution < -0.4 is 75.7 Å². The average molecular weight is 1490 g/mol. The number of amides is 11. The van der Waals surface area contributed by atoms with Gasteiger partial charge in [-0.25, -0.2) is 9.59 Å². The van der Waals surface area contributed by atoms with E-state index in [9.17, 15) is 94.7 Å². The molecule has 0 bridgehead atoms. The highest BCUT2D eigenvalue weighted by Gasteiger charge is 2.44. The molecule has 40 heteroatoms. The Morgan fingerprint density at radius 3 is 1.50 bits per heavy atom. The Labute approximate surface area is 591 Å². The van der Waals surface area contributed by atoms with Gasteiger partial charge in [0.1, 0.15) is 54.4 Å². The van der Waals surface area contributed by atoms with Crippen LogP contribution in [0, 0.1) is 28.6 Å². The SMILES string of the molecule is CC[C@H](C)[C@@H]1NC(=O)[C@@H](CCCN=C(N)N)NC(=O)[C@H](CC(C)C)NC(=O)[C@H]([C@H](O)C(C)C)NC(=O)[C@@H](NC(=O)[C@H](CC(C)(C)C)NC(=O)[C@H](N)CC(C)(C)C)[C@@H](c2ccccc2)NC(=O)[C@H](CO)NC(=O)[C@H](CO)NC(=O)CNC(=O)[C@H]([C@@H](C)O)NC1=O.O=C(O)C(F)(F)F.O=C(O)C(F)(F)F. The van der Waals surface area contributed by atoms with Gasteiger partial charge in [0.15, 0.2) is 5.96 Å². The van der Waals surface area contributed by atoms with Gasteiger partial charge < -0.3 is 106 Å². The second-order valence-corrected chi connectivity index (χ2v) is 27.5. The number of hydrogen-bond donors (Lipinski definition) is 20. The quantitative estimate of drug-likeness (QED) is 0.0274. The highest BCUT2D eigenvalue weighted by molar-refractivity contribution is 6.00. The molecule has 103 heavy (non-hydrogen) atoms. The Kier molecular flexibility index (Phi) is 39.4. The van der Waals surface area contributed by atoms with E-state index in [0.29, 0.717) is 0 Å². The zero-order valence-electron chi connectivity index (χ0n) is 59.6. The van der Waals surface area contributed by atoms with Gasteiger partial charge in [0.25, 0.3) is 0 Å². The lowest BCUT2D eigenvalue weighted by atomic mass is 9.86. The van der Waals surface area contributed by atoms with E-state index in [1.807, 2.05) is 20.8 Å². The summed E-state index contributed by atoms with van der Waals surface area (Å²) in [6.45, 7) is 18.7. The molecule has 0 spiro atoms. The van der Waals surface area contributed by atoms with E-state index in [1.54, 1.807) is 54.5 Å². The van der Waals surface area contributed by atoms with Gasteiger partial charge in [-0.3, -0.25) is 57.7 Å². The van der Waals surface area contributed by atoms with Crippen molar-refractivity contribution in [1.82, 2.24) is 58.5 Å². The molecule has 1 saturated heterocycles. The van der Waals surface area contributed by atoms with Crippen molar-refractivity contribution in [2.45, 2.75) is 220 Å². The van der Waals surface area contributed by atoms with E-state index in [-0.39, 0.29) is 62.5 Å². The highest BCUT2D eigenvalue weighted by atomic mass is 19.4. The fourth-order valence-corrected chi connectivity index (χ4v) is 9.41. The number of aliphatic imine (C=N–C) groups is 1. The molecule has 0 unspecified atom stereocenters. The molecule has 1 aromatic rings. The van der Waals surface area contributed by atoms with E-state index in [2.05, 4.69) is 63.5 Å². The zero-order valence-corrected chi connectivity index (χ0v) is 59.6. The maximum absolute atomic E-state index is 15.4. The largest absolute Gasteiger partial charge is 0.490 e. The van der Waals surface area contributed by atoms with Gasteiger partial charge >= 0.3 is 24.3 Å². The van der Waals surface area contributed by atoms with Crippen LogP contribution in [0.1, 0.15) is 140 Å². The summed E-state index contributed by atoms with van der Waals surface area (Å²) in [6.07, 6.45) is -13.3. The lowest BCUT2D eigenvalue weighted by Gasteiger charge is -2.35. The van der Waals surface area contributed by atoms with Crippen LogP contribution in [0.5, 0.6) is 0 Å². The highest BCUT2D eigenvalue weighted by Crippen LogP contribution is 2.25. The lowest BCUT2D eigenvalue weighted by Crippen LogP contribution is -2.65. The number of guanidine groups is 1. The molecule has 23 N–H and O–H groups in total. The smallest absolute Gasteiger partial charge is 0.475 e. The summed E-state index contributed by atoms with van der Waals surface area (Å²) < 4.78 is 63.5. The number of carbonyl (C=O) groups is 13. The Morgan fingerprint density at radius 1 is 0.592 bits per heavy atom. The Morgan fingerprint density at radius 2 is 1.04 bits per heavy atom. The molecule has 586 valence electrons. The second-order valence-electron chi connectivity index (χ2n) is 27.5. The van der Waals surface area contributed by atoms with Gasteiger partial charge in [-0.1, -0.05) is 120 Å². The second kappa shape index (κ2) is 43.2. The number of nitrogens with zero attached hydrogens (tertiary/aromatic N) is 1. The van der Waals surface area contributed by atoms with Gasteiger partial charge in [0.05, 0.1) is 44.1 Å². The van der Waals surface area contributed by atoms with Crippen molar-refractivity contribution in [3.05, 3.63) is 35.9 Å². The molecule has 1 aliphatic rings. The van der Waals surface area contributed by atoms with Gasteiger partial charge in [0, 0.05) is 6.54 Å². The van der Waals surface area contributed by atoms with E-state index < -0.39 is 210 Å². The first kappa shape index (κ1) is 94.0. The van der Waals surface area contributed by atoms with Crippen molar-refractivity contribution in [2.75, 3.05) is 26.3 Å². The topological polar surface area (TPSA) is 566 Å². The maximum atomic E-state index is 15.4. The molecule has 0 radical (unpaired) electrons. The number of alkyl halides is 6. The fourth-order valence-electron chi connectivity index (χ4n) is 9.41. The number of nitrogens with one attached hydrogen (secondary N) is 11. The van der Waals surface area contributed by atoms with Crippen LogP contribution in [0.2, 0.25) is 0 Å². The average Bonchev–Trinajstić information content (AvgIpc) is 0.811. The molecule has 34 nitrogen and oxygen atoms in total. The number of carbonyl (C=O) groups excluding carboxylic acids is 11. The number of hydrogen-bond acceptors (Lipinski definition) is 19. The molecule has 0 saturated carbocycles. The number of aliphatic hydroxyl groups excluding tert-OH is 4. The van der Waals surface area contributed by atoms with Crippen molar-refractivity contribution >= 4 is 82.9 Å². The van der Waals surface area contributed by atoms with Crippen molar-refractivity contribution in [3.8, 4) is 0 Å². The molecular formula is C63H103F6N15O19. The van der Waals surface area contributed by atoms with Crippen LogP contribution in [-0.4, -0.2) is 225 Å². The summed E-state index contributed by atoms with van der Waals surface area (Å²) >= 11 is 0. The summed E-state index contributed by atoms with van der Waals surface area (Å²) in [5.41, 5.74) is 16.4. The molecule has 1 aromatic carbocycles. The number of aliphatic hydroxyl groups is 4. The van der Waals surface area contributed by atoms with E-state index in [0.717, 1.165) is 6.92 Å². The number of halogens is 6. The molecule has 0 aromatic heterocycles. The van der Waals surface area contributed by atoms with Crippen LogP contribution in [0.4, 0.5) is 26.3 Å². The van der Waals surface area contributed by atoms with Crippen LogP contribution >= 0.6 is 0 Å². The summed E-state index contributed by atoms with van der Waals surface area (Å²) in [6, 6.07) is -10.7. The van der Waals surface area contributed by atoms with Crippen molar-refractivity contribution in [1.29, 1.82) is 0 Å². The van der Waals surface area contributed by atoms with E-state index in [4.69, 9.17) is 37.0 Å². The van der Waals surface area contributed by atoms with Crippen molar-refractivity contribution < 1.29 is 119 Å². The van der Waals surface area contributed by atoms with Crippen LogP contribution in [-0.2, 0) is 62.3 Å². The number of carboxylic acid groups (broad SMARTS) is 2. The Hall–Kier alpha value is -9.02. The maximum Gasteiger partial charge on any atom is 0.490 e. The monoisotopic (exact) mass is 1490 g/mol. The summed E-state index contributed by atoms with van der Waals surface area (Å²) in [7, 11) is 0. The first-order chi connectivity index (χ1) is 47.2. The molecule has 1 aliphatic heterocycles. The summed E-state index contributed by atoms with van der Waals surface area (Å²) in [5.74, 6) is -19.2. The molecule has 1 fully saturated rings. The van der Waals surface area contributed by atoms with Gasteiger partial charge in [-0.05, 0) is 73.2 Å². The summed E-state index contributed by atoms with van der Waals surface area (Å²) in [5, 5.41) is 85.3. The van der Waals surface area contributed by atoms with Gasteiger partial charge in [0.2, 0.25) is 65.0 Å². The lowest BCUT2D eigenvalue weighted by molar-refractivity contribution is -0.193. The third-order valence-corrected chi connectivity index (χ3v) is 14.9. The first-order valence-corrected chi connectivity index (χ1v) is 32.6. The summed E-state index contributed by atoms with van der Waals surface area (Å²) in [4.78, 5) is 179. The molecule has 0 aliphatic carbocycles. The standard InChI is InChI=1S/C59H101N15O15.2C2HF3O2/c1-14-31(6)41-54(87)71-42(32(7)77)53(86)64-26-40(78)65-38(27-75)51(84)69-39(28-76)52(85)72-43(33-19-16-15-17-20-33)44(73-50(83)37(25-59(11,12)13)68-47(80)34(60)24-58(8,9)10)55(88)74-45(46(79)30(4)5)56(89)67-36(23-29(2)3)49(82)66-35(48(81)70-41)21-18-22-63-57(61)62;2*3-2(4,5)1(6)7/h15-17,19-20,29-32,34-39,41-46,75-77,79H,14,18,21-28,60H2,1-13H3,(H,64,86)(H,65,78)(H,66,82)(H,67,89)(H,68,80)(H,69,84)(H,70,81)(H,71,87)(H,72,85)(H,73,83)(H,74,88)(H4,61,62,63);2*(H,6,7)/t31-,32+,34+,35+,36-,37-,38-,39-,41-,42-,43+,44-,45-,46+;;/m0../s1. The fraction of sp³-hybridized carbons (Fsp3) is 0.683. The predicted molar refractivity (Wildman–Crippen MR) is 357 cm³/mol. The Balaban J connectivity index is 0.00000668. The van der Waals surface area contributed by atoms with Crippen molar-refractivity contribution in [2.24, 2.45) is 50.8 Å². The number of rotatable bonds is 20. The van der Waals surface area contributed by atoms with Gasteiger partial charge in [-0.2, -0.15) is 26.3 Å². The molecule has 11 amide bonds. The van der Waals surface area contributed by atoms with E-state index in [1.165, 1.54) is 38.1 Å².